The Morgan fingerprint density at radius 3 is 2.14 bits per heavy atom. The fraction of sp³-hybridized carbons (Fsp3) is 1.00. The van der Waals surface area contributed by atoms with Crippen molar-refractivity contribution in [2.24, 2.45) is 5.92 Å². The number of nitrogens with one attached hydrogen (secondary N) is 1. The first-order valence-electron chi connectivity index (χ1n) is 5.21. The molecule has 14 heavy (non-hydrogen) atoms. The molecule has 1 N–H and O–H groups in total. The van der Waals surface area contributed by atoms with Crippen LogP contribution in [0.1, 0.15) is 39.5 Å². The molecule has 0 aromatic heterocycles. The van der Waals surface area contributed by atoms with Crippen LogP contribution in [0.3, 0.4) is 0 Å². The summed E-state index contributed by atoms with van der Waals surface area (Å²) < 4.78 is 38.2. The van der Waals surface area contributed by atoms with Crippen LogP contribution in [0.5, 0.6) is 0 Å². The van der Waals surface area contributed by atoms with E-state index in [0.717, 1.165) is 19.3 Å². The van der Waals surface area contributed by atoms with Gasteiger partial charge in [0, 0.05) is 0 Å². The molecule has 0 amide bonds. The Balaban J connectivity index is 2.59. The fourth-order valence-corrected chi connectivity index (χ4v) is 1.95. The predicted octanol–water partition coefficient (Wildman–Crippen LogP) is 3.11. The second kappa shape index (κ2) is 4.09. The molecule has 1 aliphatic carbocycles. The van der Waals surface area contributed by atoms with Crippen LogP contribution in [0, 0.1) is 5.92 Å². The zero-order valence-corrected chi connectivity index (χ0v) is 8.75. The molecule has 0 aromatic rings. The second-order valence-electron chi connectivity index (χ2n) is 4.36. The highest BCUT2D eigenvalue weighted by Gasteiger charge is 2.51. The number of rotatable bonds is 4. The van der Waals surface area contributed by atoms with Crippen LogP contribution in [-0.4, -0.2) is 18.3 Å². The Labute approximate surface area is 83.1 Å². The van der Waals surface area contributed by atoms with E-state index < -0.39 is 11.7 Å². The van der Waals surface area contributed by atoms with Crippen LogP contribution in [0.25, 0.3) is 0 Å². The lowest BCUT2D eigenvalue weighted by atomic mass is 9.76. The average Bonchev–Trinajstić information content (AvgIpc) is 1.95. The molecule has 1 unspecified atom stereocenters. The first-order chi connectivity index (χ1) is 6.39. The summed E-state index contributed by atoms with van der Waals surface area (Å²) in [5, 5.41) is 2.57. The van der Waals surface area contributed by atoms with Crippen LogP contribution >= 0.6 is 0 Å². The summed E-state index contributed by atoms with van der Waals surface area (Å²) in [5.41, 5.74) is -1.69. The molecule has 0 bridgehead atoms. The molecule has 0 aromatic carbocycles. The van der Waals surface area contributed by atoms with E-state index in [1.54, 1.807) is 6.92 Å². The summed E-state index contributed by atoms with van der Waals surface area (Å²) in [5.74, 6) is 0.265. The highest BCUT2D eigenvalue weighted by molar-refractivity contribution is 4.93. The van der Waals surface area contributed by atoms with Gasteiger partial charge in [-0.3, -0.25) is 0 Å². The molecule has 1 saturated carbocycles. The molecule has 1 rings (SSSR count). The Hall–Kier alpha value is -0.250. The average molecular weight is 209 g/mol. The van der Waals surface area contributed by atoms with Crippen LogP contribution in [0.15, 0.2) is 0 Å². The van der Waals surface area contributed by atoms with Crippen molar-refractivity contribution in [1.29, 1.82) is 0 Å². The lowest BCUT2D eigenvalue weighted by molar-refractivity contribution is -0.197. The van der Waals surface area contributed by atoms with Crippen molar-refractivity contribution in [3.05, 3.63) is 0 Å². The maximum atomic E-state index is 12.7. The number of hydrogen-bond acceptors (Lipinski definition) is 1. The van der Waals surface area contributed by atoms with Gasteiger partial charge in [0.25, 0.3) is 0 Å². The van der Waals surface area contributed by atoms with Gasteiger partial charge < -0.3 is 5.32 Å². The molecule has 84 valence electrons. The van der Waals surface area contributed by atoms with Gasteiger partial charge in [0.1, 0.15) is 5.54 Å². The zero-order valence-electron chi connectivity index (χ0n) is 8.75. The first kappa shape index (κ1) is 11.8. The van der Waals surface area contributed by atoms with E-state index in [2.05, 4.69) is 5.32 Å². The zero-order chi connectivity index (χ0) is 10.8. The molecular weight excluding hydrogens is 191 g/mol. The molecule has 0 aliphatic heterocycles. The fourth-order valence-electron chi connectivity index (χ4n) is 1.95. The molecule has 1 aliphatic rings. The van der Waals surface area contributed by atoms with Gasteiger partial charge in [-0.05, 0) is 25.8 Å². The number of hydrogen-bond donors (Lipinski definition) is 1. The maximum Gasteiger partial charge on any atom is 0.406 e. The van der Waals surface area contributed by atoms with Crippen molar-refractivity contribution < 1.29 is 13.2 Å². The molecule has 0 heterocycles. The highest BCUT2D eigenvalue weighted by atomic mass is 19.4. The number of halogens is 3. The second-order valence-corrected chi connectivity index (χ2v) is 4.36. The summed E-state index contributed by atoms with van der Waals surface area (Å²) >= 11 is 0. The van der Waals surface area contributed by atoms with Gasteiger partial charge >= 0.3 is 6.18 Å². The van der Waals surface area contributed by atoms with Gasteiger partial charge in [-0.15, -0.1) is 0 Å². The molecule has 0 saturated heterocycles. The van der Waals surface area contributed by atoms with Crippen LogP contribution in [0.2, 0.25) is 0 Å². The molecule has 0 radical (unpaired) electrons. The minimum Gasteiger partial charge on any atom is -0.304 e. The van der Waals surface area contributed by atoms with Gasteiger partial charge in [-0.2, -0.15) is 13.2 Å². The van der Waals surface area contributed by atoms with Gasteiger partial charge in [-0.25, -0.2) is 0 Å². The summed E-state index contributed by atoms with van der Waals surface area (Å²) in [6.45, 7) is 3.35. The third-order valence-electron chi connectivity index (χ3n) is 3.11. The quantitative estimate of drug-likeness (QED) is 0.750. The van der Waals surface area contributed by atoms with Gasteiger partial charge in [0.15, 0.2) is 0 Å². The van der Waals surface area contributed by atoms with E-state index in [1.165, 1.54) is 6.92 Å². The molecular formula is C10H18F3N. The van der Waals surface area contributed by atoms with Crippen LogP contribution in [0.4, 0.5) is 13.2 Å². The van der Waals surface area contributed by atoms with Gasteiger partial charge in [0.05, 0.1) is 0 Å². The number of alkyl halides is 3. The Morgan fingerprint density at radius 1 is 1.29 bits per heavy atom. The summed E-state index contributed by atoms with van der Waals surface area (Å²) in [6, 6.07) is 0. The van der Waals surface area contributed by atoms with E-state index in [4.69, 9.17) is 0 Å². The largest absolute Gasteiger partial charge is 0.406 e. The maximum absolute atomic E-state index is 12.7. The van der Waals surface area contributed by atoms with Gasteiger partial charge in [0.2, 0.25) is 0 Å². The third-order valence-corrected chi connectivity index (χ3v) is 3.11. The van der Waals surface area contributed by atoms with E-state index >= 15 is 0 Å². The molecule has 1 nitrogen and oxygen atoms in total. The summed E-state index contributed by atoms with van der Waals surface area (Å²) in [7, 11) is 0. The van der Waals surface area contributed by atoms with Crippen molar-refractivity contribution in [1.82, 2.24) is 5.32 Å². The van der Waals surface area contributed by atoms with Crippen molar-refractivity contribution in [2.45, 2.75) is 51.2 Å². The van der Waals surface area contributed by atoms with Crippen molar-refractivity contribution in [3.8, 4) is 0 Å². The molecule has 1 fully saturated rings. The topological polar surface area (TPSA) is 12.0 Å². The smallest absolute Gasteiger partial charge is 0.304 e. The molecule has 4 heteroatoms. The van der Waals surface area contributed by atoms with E-state index in [-0.39, 0.29) is 12.3 Å². The highest BCUT2D eigenvalue weighted by Crippen LogP contribution is 2.40. The van der Waals surface area contributed by atoms with Crippen molar-refractivity contribution in [2.75, 3.05) is 6.54 Å². The minimum atomic E-state index is -4.14. The summed E-state index contributed by atoms with van der Waals surface area (Å²) in [4.78, 5) is 0. The minimum absolute atomic E-state index is 0.227. The van der Waals surface area contributed by atoms with E-state index in [1.807, 2.05) is 0 Å². The van der Waals surface area contributed by atoms with Crippen molar-refractivity contribution >= 4 is 0 Å². The van der Waals surface area contributed by atoms with Crippen molar-refractivity contribution in [3.63, 3.8) is 0 Å². The summed E-state index contributed by atoms with van der Waals surface area (Å²) in [6.07, 6.45) is -0.915. The SMILES string of the molecule is CCNC(C)(CC1CCC1)C(F)(F)F. The van der Waals surface area contributed by atoms with Crippen LogP contribution in [-0.2, 0) is 0 Å². The molecule has 1 atom stereocenters. The van der Waals surface area contributed by atoms with E-state index in [9.17, 15) is 13.2 Å². The standard InChI is InChI=1S/C10H18F3N/c1-3-14-9(2,10(11,12)13)7-8-5-4-6-8/h8,14H,3-7H2,1-2H3. The molecule has 0 spiro atoms. The third kappa shape index (κ3) is 2.41. The van der Waals surface area contributed by atoms with Crippen LogP contribution < -0.4 is 5.32 Å². The predicted molar refractivity (Wildman–Crippen MR) is 50.1 cm³/mol. The van der Waals surface area contributed by atoms with E-state index in [0.29, 0.717) is 6.54 Å². The lowest BCUT2D eigenvalue weighted by Gasteiger charge is -2.38. The first-order valence-corrected chi connectivity index (χ1v) is 5.21. The monoisotopic (exact) mass is 209 g/mol. The Bertz CT molecular complexity index is 186. The Morgan fingerprint density at radius 2 is 1.86 bits per heavy atom. The normalized spacial score (nSPS) is 22.9. The van der Waals surface area contributed by atoms with Gasteiger partial charge in [-0.1, -0.05) is 26.2 Å². The Kier molecular flexibility index (Phi) is 3.45. The lowest BCUT2D eigenvalue weighted by Crippen LogP contribution is -2.55.